The first-order valence-electron chi connectivity index (χ1n) is 4.18. The Labute approximate surface area is 82.4 Å². The first kappa shape index (κ1) is 9.92. The molecule has 14 heavy (non-hydrogen) atoms. The number of aromatic nitrogens is 1. The van der Waals surface area contributed by atoms with Gasteiger partial charge in [-0.05, 0) is 12.8 Å². The topological polar surface area (TPSA) is 33.1 Å². The third-order valence-corrected chi connectivity index (χ3v) is 3.04. The number of aliphatic hydroxyl groups is 1. The standard InChI is InChI=1S/C8H8F3NOS/c9-8(10,11)7(13)6-5(4-1-2-4)12-3-14-6/h3-4,7,13H,1-2H2/t7-/m0/s1. The highest BCUT2D eigenvalue weighted by atomic mass is 32.1. The quantitative estimate of drug-likeness (QED) is 0.836. The lowest BCUT2D eigenvalue weighted by Crippen LogP contribution is -2.20. The zero-order valence-electron chi connectivity index (χ0n) is 7.08. The van der Waals surface area contributed by atoms with Gasteiger partial charge in [-0.2, -0.15) is 13.2 Å². The Hall–Kier alpha value is -0.620. The summed E-state index contributed by atoms with van der Waals surface area (Å²) in [5, 5.41) is 9.05. The summed E-state index contributed by atoms with van der Waals surface area (Å²) >= 11 is 0.872. The van der Waals surface area contributed by atoms with Gasteiger partial charge < -0.3 is 5.11 Å². The van der Waals surface area contributed by atoms with Crippen molar-refractivity contribution >= 4 is 11.3 Å². The third-order valence-electron chi connectivity index (χ3n) is 2.15. The Bertz CT molecular complexity index is 332. The molecule has 2 rings (SSSR count). The minimum absolute atomic E-state index is 0.0417. The lowest BCUT2D eigenvalue weighted by Gasteiger charge is -2.13. The Morgan fingerprint density at radius 1 is 1.50 bits per heavy atom. The summed E-state index contributed by atoms with van der Waals surface area (Å²) in [6.07, 6.45) is -5.20. The predicted molar refractivity (Wildman–Crippen MR) is 45.1 cm³/mol. The molecule has 1 saturated carbocycles. The molecule has 0 unspecified atom stereocenters. The Kier molecular flexibility index (Phi) is 2.27. The van der Waals surface area contributed by atoms with Crippen LogP contribution in [0.2, 0.25) is 0 Å². The van der Waals surface area contributed by atoms with Gasteiger partial charge in [0, 0.05) is 5.92 Å². The summed E-state index contributed by atoms with van der Waals surface area (Å²) in [4.78, 5) is 3.83. The van der Waals surface area contributed by atoms with E-state index in [0.29, 0.717) is 5.69 Å². The lowest BCUT2D eigenvalue weighted by atomic mass is 10.2. The van der Waals surface area contributed by atoms with E-state index in [2.05, 4.69) is 4.98 Å². The molecule has 78 valence electrons. The van der Waals surface area contributed by atoms with E-state index in [0.717, 1.165) is 24.2 Å². The van der Waals surface area contributed by atoms with Crippen LogP contribution in [0.4, 0.5) is 13.2 Å². The zero-order valence-corrected chi connectivity index (χ0v) is 7.90. The maximum Gasteiger partial charge on any atom is 0.419 e. The van der Waals surface area contributed by atoms with Gasteiger partial charge in [0.15, 0.2) is 6.10 Å². The van der Waals surface area contributed by atoms with Crippen LogP contribution in [0.5, 0.6) is 0 Å². The van der Waals surface area contributed by atoms with Crippen LogP contribution in [0.15, 0.2) is 5.51 Å². The number of hydrogen-bond acceptors (Lipinski definition) is 3. The van der Waals surface area contributed by atoms with Crippen LogP contribution >= 0.6 is 11.3 Å². The van der Waals surface area contributed by atoms with Gasteiger partial charge in [0.2, 0.25) is 0 Å². The highest BCUT2D eigenvalue weighted by Crippen LogP contribution is 2.46. The molecular formula is C8H8F3NOS. The molecule has 1 aromatic heterocycles. The fourth-order valence-corrected chi connectivity index (χ4v) is 2.16. The number of halogens is 3. The lowest BCUT2D eigenvalue weighted by molar-refractivity contribution is -0.206. The fourth-order valence-electron chi connectivity index (χ4n) is 1.28. The van der Waals surface area contributed by atoms with Gasteiger partial charge in [-0.25, -0.2) is 4.98 Å². The minimum Gasteiger partial charge on any atom is -0.379 e. The molecule has 0 bridgehead atoms. The van der Waals surface area contributed by atoms with E-state index in [4.69, 9.17) is 5.11 Å². The number of hydrogen-bond donors (Lipinski definition) is 1. The molecule has 1 aliphatic rings. The van der Waals surface area contributed by atoms with Crippen molar-refractivity contribution in [1.29, 1.82) is 0 Å². The summed E-state index contributed by atoms with van der Waals surface area (Å²) in [5.41, 5.74) is 1.79. The molecule has 1 aromatic rings. The second-order valence-electron chi connectivity index (χ2n) is 3.32. The maximum atomic E-state index is 12.2. The first-order chi connectivity index (χ1) is 6.50. The molecule has 0 spiro atoms. The van der Waals surface area contributed by atoms with Crippen molar-refractivity contribution in [3.63, 3.8) is 0 Å². The molecule has 1 fully saturated rings. The molecule has 0 aliphatic heterocycles. The SMILES string of the molecule is O[C@@H](c1scnc1C1CC1)C(F)(F)F. The Balaban J connectivity index is 2.26. The molecule has 0 aromatic carbocycles. The Morgan fingerprint density at radius 3 is 2.64 bits per heavy atom. The molecule has 0 amide bonds. The molecule has 6 heteroatoms. The molecule has 0 radical (unpaired) electrons. The summed E-state index contributed by atoms with van der Waals surface area (Å²) in [6.45, 7) is 0. The number of thiazole rings is 1. The van der Waals surface area contributed by atoms with Crippen LogP contribution in [0.25, 0.3) is 0 Å². The summed E-state index contributed by atoms with van der Waals surface area (Å²) in [7, 11) is 0. The normalized spacial score (nSPS) is 19.7. The molecule has 1 heterocycles. The van der Waals surface area contributed by atoms with Gasteiger partial charge in [0.25, 0.3) is 0 Å². The largest absolute Gasteiger partial charge is 0.419 e. The van der Waals surface area contributed by atoms with Gasteiger partial charge in [0.05, 0.1) is 16.1 Å². The molecule has 0 saturated heterocycles. The zero-order chi connectivity index (χ0) is 10.3. The maximum absolute atomic E-state index is 12.2. The van der Waals surface area contributed by atoms with Crippen molar-refractivity contribution in [1.82, 2.24) is 4.98 Å². The van der Waals surface area contributed by atoms with Gasteiger partial charge >= 0.3 is 6.18 Å². The predicted octanol–water partition coefficient (Wildman–Crippen LogP) is 2.62. The van der Waals surface area contributed by atoms with Crippen LogP contribution in [0.3, 0.4) is 0 Å². The minimum atomic E-state index is -4.59. The first-order valence-corrected chi connectivity index (χ1v) is 5.06. The Morgan fingerprint density at radius 2 is 2.14 bits per heavy atom. The van der Waals surface area contributed by atoms with Crippen molar-refractivity contribution in [3.05, 3.63) is 16.1 Å². The van der Waals surface area contributed by atoms with Crippen LogP contribution in [0.1, 0.15) is 35.4 Å². The molecule has 1 N–H and O–H groups in total. The van der Waals surface area contributed by atoms with Gasteiger partial charge in [-0.15, -0.1) is 11.3 Å². The number of rotatable bonds is 2. The third kappa shape index (κ3) is 1.76. The van der Waals surface area contributed by atoms with Crippen molar-refractivity contribution in [2.45, 2.75) is 31.0 Å². The van der Waals surface area contributed by atoms with E-state index in [1.807, 2.05) is 0 Å². The summed E-state index contributed by atoms with van der Waals surface area (Å²) in [5.74, 6) is 0.133. The van der Waals surface area contributed by atoms with Crippen molar-refractivity contribution < 1.29 is 18.3 Å². The molecule has 1 aliphatic carbocycles. The van der Waals surface area contributed by atoms with Gasteiger partial charge in [-0.1, -0.05) is 0 Å². The average molecular weight is 223 g/mol. The molecule has 1 atom stereocenters. The fraction of sp³-hybridized carbons (Fsp3) is 0.625. The van der Waals surface area contributed by atoms with Gasteiger partial charge in [-0.3, -0.25) is 0 Å². The summed E-state index contributed by atoms with van der Waals surface area (Å²) < 4.78 is 36.6. The van der Waals surface area contributed by atoms with Crippen molar-refractivity contribution in [2.75, 3.05) is 0 Å². The second-order valence-corrected chi connectivity index (χ2v) is 4.21. The van der Waals surface area contributed by atoms with Crippen molar-refractivity contribution in [2.24, 2.45) is 0 Å². The summed E-state index contributed by atoms with van der Waals surface area (Å²) in [6, 6.07) is 0. The van der Waals surface area contributed by atoms with Crippen LogP contribution < -0.4 is 0 Å². The van der Waals surface area contributed by atoms with E-state index in [-0.39, 0.29) is 10.8 Å². The van der Waals surface area contributed by atoms with Gasteiger partial charge in [0.1, 0.15) is 0 Å². The molecular weight excluding hydrogens is 215 g/mol. The van der Waals surface area contributed by atoms with Crippen molar-refractivity contribution in [3.8, 4) is 0 Å². The smallest absolute Gasteiger partial charge is 0.379 e. The van der Waals surface area contributed by atoms with E-state index < -0.39 is 12.3 Å². The highest BCUT2D eigenvalue weighted by molar-refractivity contribution is 7.09. The van der Waals surface area contributed by atoms with Crippen LogP contribution in [-0.4, -0.2) is 16.3 Å². The van der Waals surface area contributed by atoms with E-state index in [1.54, 1.807) is 0 Å². The van der Waals surface area contributed by atoms with Crippen LogP contribution in [0, 0.1) is 0 Å². The number of nitrogens with zero attached hydrogens (tertiary/aromatic N) is 1. The van der Waals surface area contributed by atoms with E-state index in [9.17, 15) is 13.2 Å². The average Bonchev–Trinajstić information content (AvgIpc) is 2.81. The number of aliphatic hydroxyl groups excluding tert-OH is 1. The highest BCUT2D eigenvalue weighted by Gasteiger charge is 2.43. The second kappa shape index (κ2) is 3.20. The number of alkyl halides is 3. The molecule has 2 nitrogen and oxygen atoms in total. The monoisotopic (exact) mass is 223 g/mol. The van der Waals surface area contributed by atoms with E-state index >= 15 is 0 Å². The van der Waals surface area contributed by atoms with E-state index in [1.165, 1.54) is 5.51 Å². The van der Waals surface area contributed by atoms with Crippen LogP contribution in [-0.2, 0) is 0 Å².